The second-order valence-corrected chi connectivity index (χ2v) is 12.9. The monoisotopic (exact) mass is 651 g/mol. The van der Waals surface area contributed by atoms with Crippen molar-refractivity contribution in [2.75, 3.05) is 0 Å². The molecule has 0 fully saturated rings. The SMILES string of the molecule is c1ccc(-c2ccc(-c3nc(-c4ccc5ccccc5c4)nc(-c4ccc5c(c4)oc4ccc(-c6ccc7ccccc7c6)cc45)n3)cc2)cc1. The Kier molecular flexibility index (Phi) is 6.78. The summed E-state index contributed by atoms with van der Waals surface area (Å²) in [5.74, 6) is 1.83. The van der Waals surface area contributed by atoms with Gasteiger partial charge in [-0.15, -0.1) is 0 Å². The lowest BCUT2D eigenvalue weighted by Gasteiger charge is -2.10. The zero-order valence-corrected chi connectivity index (χ0v) is 27.5. The van der Waals surface area contributed by atoms with E-state index in [9.17, 15) is 0 Å². The van der Waals surface area contributed by atoms with Crippen LogP contribution in [0.4, 0.5) is 0 Å². The molecular formula is C47H29N3O. The highest BCUT2D eigenvalue weighted by Gasteiger charge is 2.16. The van der Waals surface area contributed by atoms with Crippen LogP contribution in [0, 0.1) is 0 Å². The topological polar surface area (TPSA) is 51.8 Å². The molecule has 0 N–H and O–H groups in total. The summed E-state index contributed by atoms with van der Waals surface area (Å²) in [7, 11) is 0. The molecule has 51 heavy (non-hydrogen) atoms. The maximum absolute atomic E-state index is 6.44. The Labute approximate surface area is 294 Å². The van der Waals surface area contributed by atoms with E-state index in [2.05, 4.69) is 164 Å². The summed E-state index contributed by atoms with van der Waals surface area (Å²) >= 11 is 0. The van der Waals surface area contributed by atoms with Gasteiger partial charge in [-0.05, 0) is 80.2 Å². The smallest absolute Gasteiger partial charge is 0.164 e. The number of aromatic nitrogens is 3. The zero-order chi connectivity index (χ0) is 33.7. The number of hydrogen-bond acceptors (Lipinski definition) is 4. The molecule has 0 aliphatic carbocycles. The predicted octanol–water partition coefficient (Wildman–Crippen LogP) is 12.4. The molecule has 10 rings (SSSR count). The van der Waals surface area contributed by atoms with Crippen LogP contribution in [0.1, 0.15) is 0 Å². The minimum Gasteiger partial charge on any atom is -0.456 e. The number of furan rings is 1. The Morgan fingerprint density at radius 1 is 0.275 bits per heavy atom. The summed E-state index contributed by atoms with van der Waals surface area (Å²) in [5, 5.41) is 6.90. The standard InChI is InChI=1S/C47H29N3O/c1-2-8-30(9-3-1)33-14-18-34(19-15-33)45-48-46(39-21-17-32-11-5-7-13-36(32)27-39)50-47(49-45)40-22-24-41-42-28-38(23-25-43(42)51-44(41)29-40)37-20-16-31-10-4-6-12-35(31)26-37/h1-29H. The quantitative estimate of drug-likeness (QED) is 0.186. The fourth-order valence-corrected chi connectivity index (χ4v) is 7.00. The van der Waals surface area contributed by atoms with E-state index in [0.29, 0.717) is 17.5 Å². The average molecular weight is 652 g/mol. The molecule has 0 aliphatic rings. The van der Waals surface area contributed by atoms with Gasteiger partial charge in [0.25, 0.3) is 0 Å². The molecule has 0 aliphatic heterocycles. The normalized spacial score (nSPS) is 11.5. The first-order valence-electron chi connectivity index (χ1n) is 17.1. The van der Waals surface area contributed by atoms with Crippen LogP contribution in [0.3, 0.4) is 0 Å². The third-order valence-electron chi connectivity index (χ3n) is 9.71. The summed E-state index contributed by atoms with van der Waals surface area (Å²) in [5.41, 5.74) is 9.00. The number of hydrogen-bond donors (Lipinski definition) is 0. The van der Waals surface area contributed by atoms with Gasteiger partial charge in [0.1, 0.15) is 11.2 Å². The minimum absolute atomic E-state index is 0.592. The van der Waals surface area contributed by atoms with E-state index >= 15 is 0 Å². The van der Waals surface area contributed by atoms with E-state index in [0.717, 1.165) is 55.1 Å². The van der Waals surface area contributed by atoms with E-state index in [-0.39, 0.29) is 0 Å². The molecule has 4 nitrogen and oxygen atoms in total. The summed E-state index contributed by atoms with van der Waals surface area (Å²) in [4.78, 5) is 15.1. The van der Waals surface area contributed by atoms with Crippen LogP contribution < -0.4 is 0 Å². The summed E-state index contributed by atoms with van der Waals surface area (Å²) in [6.45, 7) is 0. The molecule has 0 unspecified atom stereocenters. The molecule has 8 aromatic carbocycles. The molecule has 0 radical (unpaired) electrons. The van der Waals surface area contributed by atoms with Crippen LogP contribution in [0.2, 0.25) is 0 Å². The lowest BCUT2D eigenvalue weighted by Crippen LogP contribution is -2.00. The number of benzene rings is 8. The molecule has 0 atom stereocenters. The van der Waals surface area contributed by atoms with E-state index in [4.69, 9.17) is 19.4 Å². The first-order valence-corrected chi connectivity index (χ1v) is 17.1. The van der Waals surface area contributed by atoms with Crippen molar-refractivity contribution >= 4 is 43.5 Å². The van der Waals surface area contributed by atoms with Crippen molar-refractivity contribution < 1.29 is 4.42 Å². The third kappa shape index (κ3) is 5.31. The Bertz CT molecular complexity index is 2910. The maximum atomic E-state index is 6.44. The van der Waals surface area contributed by atoms with Crippen molar-refractivity contribution in [3.63, 3.8) is 0 Å². The molecule has 2 aromatic heterocycles. The number of nitrogens with zero attached hydrogens (tertiary/aromatic N) is 3. The molecule has 0 saturated heterocycles. The first kappa shape index (κ1) is 29.0. The van der Waals surface area contributed by atoms with E-state index < -0.39 is 0 Å². The van der Waals surface area contributed by atoms with Gasteiger partial charge in [-0.1, -0.05) is 140 Å². The Balaban J connectivity index is 1.08. The molecule has 0 spiro atoms. The Morgan fingerprint density at radius 2 is 0.745 bits per heavy atom. The van der Waals surface area contributed by atoms with E-state index in [1.165, 1.54) is 27.3 Å². The second-order valence-electron chi connectivity index (χ2n) is 12.9. The van der Waals surface area contributed by atoms with Crippen molar-refractivity contribution in [3.8, 4) is 56.4 Å². The van der Waals surface area contributed by atoms with Crippen LogP contribution in [0.25, 0.3) is 99.9 Å². The molecule has 238 valence electrons. The van der Waals surface area contributed by atoms with Gasteiger partial charge < -0.3 is 4.42 Å². The van der Waals surface area contributed by atoms with Gasteiger partial charge in [0, 0.05) is 27.5 Å². The van der Waals surface area contributed by atoms with Gasteiger partial charge in [0.05, 0.1) is 0 Å². The van der Waals surface area contributed by atoms with Crippen LogP contribution in [-0.2, 0) is 0 Å². The molecule has 0 saturated carbocycles. The largest absolute Gasteiger partial charge is 0.456 e. The van der Waals surface area contributed by atoms with Crippen molar-refractivity contribution in [2.24, 2.45) is 0 Å². The van der Waals surface area contributed by atoms with Crippen LogP contribution in [-0.4, -0.2) is 15.0 Å². The van der Waals surface area contributed by atoms with Gasteiger partial charge in [-0.3, -0.25) is 0 Å². The van der Waals surface area contributed by atoms with Crippen molar-refractivity contribution in [3.05, 3.63) is 176 Å². The highest BCUT2D eigenvalue weighted by Crippen LogP contribution is 2.36. The first-order chi connectivity index (χ1) is 25.2. The zero-order valence-electron chi connectivity index (χ0n) is 27.5. The lowest BCUT2D eigenvalue weighted by atomic mass is 9.99. The lowest BCUT2D eigenvalue weighted by molar-refractivity contribution is 0.669. The van der Waals surface area contributed by atoms with Crippen molar-refractivity contribution in [1.29, 1.82) is 0 Å². The van der Waals surface area contributed by atoms with Crippen LogP contribution >= 0.6 is 0 Å². The summed E-state index contributed by atoms with van der Waals surface area (Å²) in [6, 6.07) is 61.2. The Hall–Kier alpha value is -6.91. The van der Waals surface area contributed by atoms with Gasteiger partial charge >= 0.3 is 0 Å². The van der Waals surface area contributed by atoms with E-state index in [1.807, 2.05) is 12.1 Å². The number of rotatable bonds is 5. The molecule has 4 heteroatoms. The number of fused-ring (bicyclic) bond motifs is 5. The van der Waals surface area contributed by atoms with Gasteiger partial charge in [0.2, 0.25) is 0 Å². The highest BCUT2D eigenvalue weighted by atomic mass is 16.3. The van der Waals surface area contributed by atoms with Gasteiger partial charge in [0.15, 0.2) is 17.5 Å². The predicted molar refractivity (Wildman–Crippen MR) is 209 cm³/mol. The second kappa shape index (κ2) is 11.9. The molecular weight excluding hydrogens is 623 g/mol. The summed E-state index contributed by atoms with van der Waals surface area (Å²) < 4.78 is 6.44. The fourth-order valence-electron chi connectivity index (χ4n) is 7.00. The van der Waals surface area contributed by atoms with Crippen LogP contribution in [0.5, 0.6) is 0 Å². The molecule has 0 bridgehead atoms. The highest BCUT2D eigenvalue weighted by molar-refractivity contribution is 6.07. The third-order valence-corrected chi connectivity index (χ3v) is 9.71. The molecule has 2 heterocycles. The minimum atomic E-state index is 0.592. The molecule has 10 aromatic rings. The van der Waals surface area contributed by atoms with Gasteiger partial charge in [-0.2, -0.15) is 0 Å². The molecule has 0 amide bonds. The Morgan fingerprint density at radius 3 is 1.45 bits per heavy atom. The van der Waals surface area contributed by atoms with E-state index in [1.54, 1.807) is 0 Å². The maximum Gasteiger partial charge on any atom is 0.164 e. The summed E-state index contributed by atoms with van der Waals surface area (Å²) in [6.07, 6.45) is 0. The van der Waals surface area contributed by atoms with Crippen LogP contribution in [0.15, 0.2) is 180 Å². The van der Waals surface area contributed by atoms with Gasteiger partial charge in [-0.25, -0.2) is 15.0 Å². The fraction of sp³-hybridized carbons (Fsp3) is 0. The average Bonchev–Trinajstić information content (AvgIpc) is 3.58. The van der Waals surface area contributed by atoms with Crippen molar-refractivity contribution in [2.45, 2.75) is 0 Å². The van der Waals surface area contributed by atoms with Crippen molar-refractivity contribution in [1.82, 2.24) is 15.0 Å².